The fourth-order valence-electron chi connectivity index (χ4n) is 2.90. The zero-order valence-electron chi connectivity index (χ0n) is 10.0. The van der Waals surface area contributed by atoms with E-state index in [9.17, 15) is 0 Å². The Kier molecular flexibility index (Phi) is 2.22. The van der Waals surface area contributed by atoms with Gasteiger partial charge in [0.15, 0.2) is 4.96 Å². The molecule has 1 fully saturated rings. The first-order valence-electron chi connectivity index (χ1n) is 6.39. The van der Waals surface area contributed by atoms with Crippen molar-refractivity contribution in [2.45, 2.75) is 25.3 Å². The third-order valence-corrected chi connectivity index (χ3v) is 4.92. The second-order valence-corrected chi connectivity index (χ2v) is 6.29. The number of hydrogen-bond acceptors (Lipinski definition) is 3. The van der Waals surface area contributed by atoms with Gasteiger partial charge in [0.2, 0.25) is 0 Å². The lowest BCUT2D eigenvalue weighted by Crippen LogP contribution is -2.37. The minimum absolute atomic E-state index is 0.448. The van der Waals surface area contributed by atoms with Crippen LogP contribution in [0.3, 0.4) is 0 Å². The lowest BCUT2D eigenvalue weighted by molar-refractivity contribution is 0.264. The zero-order valence-corrected chi connectivity index (χ0v) is 10.9. The van der Waals surface area contributed by atoms with Crippen molar-refractivity contribution >= 4 is 26.5 Å². The summed E-state index contributed by atoms with van der Waals surface area (Å²) in [6.07, 6.45) is 7.43. The molecule has 4 heteroatoms. The van der Waals surface area contributed by atoms with Crippen molar-refractivity contribution < 1.29 is 0 Å². The summed E-state index contributed by atoms with van der Waals surface area (Å²) in [4.78, 5) is 5.43. The molecule has 0 spiro atoms. The molecule has 2 aromatic heterocycles. The van der Waals surface area contributed by atoms with Crippen LogP contribution in [0.2, 0.25) is 0 Å². The quantitative estimate of drug-likeness (QED) is 0.767. The van der Waals surface area contributed by atoms with Crippen molar-refractivity contribution in [2.24, 2.45) is 11.7 Å². The number of rotatable bonds is 2. The van der Waals surface area contributed by atoms with E-state index < -0.39 is 0 Å². The third kappa shape index (κ3) is 1.56. The highest BCUT2D eigenvalue weighted by atomic mass is 32.1. The summed E-state index contributed by atoms with van der Waals surface area (Å²) in [5, 5.41) is 0. The largest absolute Gasteiger partial charge is 0.328 e. The summed E-state index contributed by atoms with van der Waals surface area (Å²) in [6, 6.07) is 7.23. The first-order valence-corrected chi connectivity index (χ1v) is 7.21. The average Bonchev–Trinajstić information content (AvgIpc) is 2.86. The van der Waals surface area contributed by atoms with Crippen LogP contribution in [-0.2, 0) is 6.42 Å². The van der Waals surface area contributed by atoms with Gasteiger partial charge in [0.1, 0.15) is 0 Å². The number of aromatic nitrogens is 2. The van der Waals surface area contributed by atoms with Gasteiger partial charge < -0.3 is 5.73 Å². The monoisotopic (exact) mass is 257 g/mol. The lowest BCUT2D eigenvalue weighted by atomic mass is 9.77. The summed E-state index contributed by atoms with van der Waals surface area (Å²) in [6.45, 7) is 0. The predicted octanol–water partition coefficient (Wildman–Crippen LogP) is 2.83. The standard InChI is InChI=1S/C14H15N3S/c15-11-6-10(7-11)5-9-1-2-12-13(8-9)18-14-16-3-4-17(12)14/h1-4,8,10-11H,5-7,15H2. The summed E-state index contributed by atoms with van der Waals surface area (Å²) in [5.74, 6) is 0.793. The van der Waals surface area contributed by atoms with Crippen LogP contribution in [-0.4, -0.2) is 15.4 Å². The third-order valence-electron chi connectivity index (χ3n) is 3.89. The summed E-state index contributed by atoms with van der Waals surface area (Å²) in [5.41, 5.74) is 8.54. The van der Waals surface area contributed by atoms with Crippen LogP contribution in [0.4, 0.5) is 0 Å². The van der Waals surface area contributed by atoms with Gasteiger partial charge in [-0.1, -0.05) is 17.4 Å². The van der Waals surface area contributed by atoms with Gasteiger partial charge in [-0.2, -0.15) is 0 Å². The fourth-order valence-corrected chi connectivity index (χ4v) is 3.95. The van der Waals surface area contributed by atoms with E-state index in [1.807, 2.05) is 12.4 Å². The molecule has 92 valence electrons. The van der Waals surface area contributed by atoms with Crippen LogP contribution in [0.25, 0.3) is 15.2 Å². The molecule has 0 unspecified atom stereocenters. The zero-order chi connectivity index (χ0) is 12.1. The molecule has 1 saturated carbocycles. The SMILES string of the molecule is NC1CC(Cc2ccc3c(c2)sc2nccn23)C1. The first-order chi connectivity index (χ1) is 8.79. The Bertz CT molecular complexity index is 706. The van der Waals surface area contributed by atoms with E-state index in [0.717, 1.165) is 10.9 Å². The Morgan fingerprint density at radius 2 is 2.28 bits per heavy atom. The Hall–Kier alpha value is -1.39. The van der Waals surface area contributed by atoms with Crippen molar-refractivity contribution in [3.8, 4) is 0 Å². The predicted molar refractivity (Wildman–Crippen MR) is 75.0 cm³/mol. The van der Waals surface area contributed by atoms with Gasteiger partial charge in [-0.05, 0) is 42.9 Å². The lowest BCUT2D eigenvalue weighted by Gasteiger charge is -2.32. The van der Waals surface area contributed by atoms with E-state index in [0.29, 0.717) is 6.04 Å². The topological polar surface area (TPSA) is 43.3 Å². The van der Waals surface area contributed by atoms with Gasteiger partial charge in [0, 0.05) is 18.4 Å². The Morgan fingerprint density at radius 1 is 1.39 bits per heavy atom. The van der Waals surface area contributed by atoms with E-state index in [1.54, 1.807) is 11.3 Å². The van der Waals surface area contributed by atoms with Gasteiger partial charge in [-0.3, -0.25) is 4.40 Å². The van der Waals surface area contributed by atoms with Crippen molar-refractivity contribution in [1.29, 1.82) is 0 Å². The molecule has 3 aromatic rings. The van der Waals surface area contributed by atoms with Gasteiger partial charge in [-0.25, -0.2) is 4.98 Å². The molecule has 1 aliphatic carbocycles. The normalized spacial score (nSPS) is 23.6. The Balaban J connectivity index is 1.70. The molecule has 2 heterocycles. The Labute approximate surface area is 109 Å². The van der Waals surface area contributed by atoms with E-state index in [2.05, 4.69) is 27.6 Å². The molecule has 1 aromatic carbocycles. The summed E-state index contributed by atoms with van der Waals surface area (Å²) >= 11 is 1.76. The number of thiazole rings is 1. The molecular formula is C14H15N3S. The van der Waals surface area contributed by atoms with E-state index in [1.165, 1.54) is 35.0 Å². The summed E-state index contributed by atoms with van der Waals surface area (Å²) in [7, 11) is 0. The summed E-state index contributed by atoms with van der Waals surface area (Å²) < 4.78 is 3.49. The van der Waals surface area contributed by atoms with Crippen molar-refractivity contribution in [2.75, 3.05) is 0 Å². The molecule has 0 saturated heterocycles. The number of hydrogen-bond donors (Lipinski definition) is 1. The van der Waals surface area contributed by atoms with Crippen LogP contribution in [0.1, 0.15) is 18.4 Å². The average molecular weight is 257 g/mol. The molecule has 0 bridgehead atoms. The van der Waals surface area contributed by atoms with Crippen LogP contribution >= 0.6 is 11.3 Å². The maximum atomic E-state index is 5.84. The molecule has 0 aliphatic heterocycles. The van der Waals surface area contributed by atoms with Crippen molar-refractivity contribution in [1.82, 2.24) is 9.38 Å². The highest BCUT2D eigenvalue weighted by Gasteiger charge is 2.25. The second-order valence-electron chi connectivity index (χ2n) is 5.29. The maximum absolute atomic E-state index is 5.84. The van der Waals surface area contributed by atoms with E-state index in [4.69, 9.17) is 5.73 Å². The van der Waals surface area contributed by atoms with Gasteiger partial charge in [0.25, 0.3) is 0 Å². The van der Waals surface area contributed by atoms with E-state index in [-0.39, 0.29) is 0 Å². The van der Waals surface area contributed by atoms with Crippen LogP contribution in [0.5, 0.6) is 0 Å². The minimum atomic E-state index is 0.448. The number of benzene rings is 1. The number of fused-ring (bicyclic) bond motifs is 3. The van der Waals surface area contributed by atoms with Crippen LogP contribution in [0, 0.1) is 5.92 Å². The smallest absolute Gasteiger partial charge is 0.194 e. The van der Waals surface area contributed by atoms with Crippen molar-refractivity contribution in [3.63, 3.8) is 0 Å². The molecule has 0 atom stereocenters. The molecule has 0 radical (unpaired) electrons. The molecule has 3 nitrogen and oxygen atoms in total. The fraction of sp³-hybridized carbons (Fsp3) is 0.357. The first kappa shape index (κ1) is 10.5. The molecule has 4 rings (SSSR count). The minimum Gasteiger partial charge on any atom is -0.328 e. The van der Waals surface area contributed by atoms with Gasteiger partial charge >= 0.3 is 0 Å². The Morgan fingerprint density at radius 3 is 3.11 bits per heavy atom. The highest BCUT2D eigenvalue weighted by molar-refractivity contribution is 7.23. The molecule has 0 amide bonds. The maximum Gasteiger partial charge on any atom is 0.194 e. The van der Waals surface area contributed by atoms with Crippen LogP contribution < -0.4 is 5.73 Å². The second kappa shape index (κ2) is 3.80. The number of imidazole rings is 1. The van der Waals surface area contributed by atoms with E-state index >= 15 is 0 Å². The molecular weight excluding hydrogens is 242 g/mol. The highest BCUT2D eigenvalue weighted by Crippen LogP contribution is 2.31. The molecule has 18 heavy (non-hydrogen) atoms. The number of nitrogens with two attached hydrogens (primary N) is 1. The van der Waals surface area contributed by atoms with Gasteiger partial charge in [-0.15, -0.1) is 0 Å². The molecule has 2 N–H and O–H groups in total. The number of nitrogens with zero attached hydrogens (tertiary/aromatic N) is 2. The van der Waals surface area contributed by atoms with Gasteiger partial charge in [0.05, 0.1) is 10.2 Å². The molecule has 1 aliphatic rings. The van der Waals surface area contributed by atoms with Crippen molar-refractivity contribution in [3.05, 3.63) is 36.2 Å². The van der Waals surface area contributed by atoms with Crippen LogP contribution in [0.15, 0.2) is 30.6 Å².